The third-order valence-corrected chi connectivity index (χ3v) is 7.37. The fraction of sp³-hybridized carbons (Fsp3) is 0.760. The summed E-state index contributed by atoms with van der Waals surface area (Å²) in [5, 5.41) is 6.89. The Bertz CT molecular complexity index is 671. The smallest absolute Gasteiger partial charge is 0.227 e. The van der Waals surface area contributed by atoms with Crippen molar-refractivity contribution < 1.29 is 4.79 Å². The lowest BCUT2D eigenvalue weighted by molar-refractivity contribution is -0.120. The Morgan fingerprint density at radius 1 is 0.862 bits per heavy atom. The first-order valence-corrected chi connectivity index (χ1v) is 12.4. The highest BCUT2D eigenvalue weighted by Crippen LogP contribution is 2.40. The van der Waals surface area contributed by atoms with Gasteiger partial charge in [0.25, 0.3) is 0 Å². The predicted molar refractivity (Wildman–Crippen MR) is 121 cm³/mol. The van der Waals surface area contributed by atoms with Crippen molar-refractivity contribution in [2.75, 3.05) is 17.2 Å². The molecule has 29 heavy (non-hydrogen) atoms. The van der Waals surface area contributed by atoms with Crippen molar-refractivity contribution in [3.63, 3.8) is 0 Å². The Balaban J connectivity index is 1.58. The first kappa shape index (κ1) is 20.7. The number of hydrogen-bond acceptors (Lipinski definition) is 3. The van der Waals surface area contributed by atoms with Crippen LogP contribution in [0.3, 0.4) is 0 Å². The maximum Gasteiger partial charge on any atom is 0.227 e. The number of nitrogens with zero attached hydrogens (tertiary/aromatic N) is 1. The van der Waals surface area contributed by atoms with E-state index < -0.39 is 0 Å². The quantitative estimate of drug-likeness (QED) is 0.607. The van der Waals surface area contributed by atoms with Crippen molar-refractivity contribution >= 4 is 17.4 Å². The van der Waals surface area contributed by atoms with Crippen molar-refractivity contribution in [3.05, 3.63) is 17.3 Å². The van der Waals surface area contributed by atoms with Crippen molar-refractivity contribution in [1.29, 1.82) is 0 Å². The summed E-state index contributed by atoms with van der Waals surface area (Å²) >= 11 is 0. The van der Waals surface area contributed by atoms with Gasteiger partial charge >= 0.3 is 0 Å². The number of carbonyl (C=O) groups excluding carboxylic acids is 1. The van der Waals surface area contributed by atoms with E-state index in [1.807, 2.05) is 6.20 Å². The van der Waals surface area contributed by atoms with Crippen LogP contribution >= 0.6 is 0 Å². The number of fused-ring (bicyclic) bond motifs is 1. The molecule has 0 aromatic carbocycles. The summed E-state index contributed by atoms with van der Waals surface area (Å²) < 4.78 is 0. The lowest BCUT2D eigenvalue weighted by Crippen LogP contribution is -2.26. The van der Waals surface area contributed by atoms with E-state index >= 15 is 0 Å². The van der Waals surface area contributed by atoms with Crippen LogP contribution in [0.1, 0.15) is 113 Å². The van der Waals surface area contributed by atoms with Gasteiger partial charge < -0.3 is 10.6 Å². The van der Waals surface area contributed by atoms with E-state index in [0.717, 1.165) is 43.7 Å². The third kappa shape index (κ3) is 5.32. The molecule has 1 amide bonds. The second-order valence-electron chi connectivity index (χ2n) is 9.52. The highest BCUT2D eigenvalue weighted by Gasteiger charge is 2.27. The fourth-order valence-corrected chi connectivity index (χ4v) is 5.71. The molecule has 2 heterocycles. The number of amides is 1. The van der Waals surface area contributed by atoms with Crippen LogP contribution in [0.15, 0.2) is 6.20 Å². The minimum Gasteiger partial charge on any atom is -0.370 e. The SMILES string of the molecule is O=C(Nc1cnc2c(c1C1CCCCCCC1)CCCN2)C1CCCCCCC1. The van der Waals surface area contributed by atoms with Gasteiger partial charge in [0, 0.05) is 18.0 Å². The maximum absolute atomic E-state index is 13.2. The summed E-state index contributed by atoms with van der Waals surface area (Å²) in [6, 6.07) is 0. The molecule has 2 fully saturated rings. The molecule has 4 nitrogen and oxygen atoms in total. The summed E-state index contributed by atoms with van der Waals surface area (Å²) in [6.07, 6.45) is 21.8. The van der Waals surface area contributed by atoms with Crippen LogP contribution in [-0.2, 0) is 11.2 Å². The van der Waals surface area contributed by atoms with Gasteiger partial charge in [0.15, 0.2) is 0 Å². The highest BCUT2D eigenvalue weighted by atomic mass is 16.1. The van der Waals surface area contributed by atoms with E-state index in [-0.39, 0.29) is 11.8 Å². The second-order valence-corrected chi connectivity index (χ2v) is 9.52. The first-order chi connectivity index (χ1) is 14.3. The number of pyridine rings is 1. The van der Waals surface area contributed by atoms with E-state index in [2.05, 4.69) is 10.6 Å². The molecule has 0 unspecified atom stereocenters. The molecule has 1 aromatic rings. The zero-order valence-corrected chi connectivity index (χ0v) is 18.1. The average Bonchev–Trinajstić information content (AvgIpc) is 2.68. The van der Waals surface area contributed by atoms with Crippen LogP contribution in [0.4, 0.5) is 11.5 Å². The third-order valence-electron chi connectivity index (χ3n) is 7.37. The van der Waals surface area contributed by atoms with Gasteiger partial charge in [-0.15, -0.1) is 0 Å². The Labute approximate surface area is 176 Å². The molecular formula is C25H39N3O. The Hall–Kier alpha value is -1.58. The number of rotatable bonds is 3. The van der Waals surface area contributed by atoms with Crippen LogP contribution in [0.5, 0.6) is 0 Å². The summed E-state index contributed by atoms with van der Waals surface area (Å²) in [6.45, 7) is 1.01. The molecule has 2 aliphatic carbocycles. The molecule has 0 saturated heterocycles. The molecule has 0 bridgehead atoms. The van der Waals surface area contributed by atoms with Crippen molar-refractivity contribution in [2.45, 2.75) is 109 Å². The number of anilines is 2. The topological polar surface area (TPSA) is 54.0 Å². The molecule has 0 radical (unpaired) electrons. The molecule has 2 N–H and O–H groups in total. The summed E-state index contributed by atoms with van der Waals surface area (Å²) in [7, 11) is 0. The van der Waals surface area contributed by atoms with Gasteiger partial charge in [-0.1, -0.05) is 64.2 Å². The monoisotopic (exact) mass is 397 g/mol. The summed E-state index contributed by atoms with van der Waals surface area (Å²) in [5.74, 6) is 2.05. The molecule has 1 aromatic heterocycles. The second kappa shape index (κ2) is 10.4. The van der Waals surface area contributed by atoms with Gasteiger partial charge in [-0.2, -0.15) is 0 Å². The van der Waals surface area contributed by atoms with Crippen molar-refractivity contribution in [3.8, 4) is 0 Å². The molecule has 4 rings (SSSR count). The van der Waals surface area contributed by atoms with Gasteiger partial charge in [0.05, 0.1) is 11.9 Å². The van der Waals surface area contributed by atoms with Gasteiger partial charge in [-0.25, -0.2) is 4.98 Å². The molecule has 0 spiro atoms. The molecule has 3 aliphatic rings. The average molecular weight is 398 g/mol. The summed E-state index contributed by atoms with van der Waals surface area (Å²) in [5.41, 5.74) is 3.82. The van der Waals surface area contributed by atoms with E-state index in [0.29, 0.717) is 5.92 Å². The van der Waals surface area contributed by atoms with Crippen LogP contribution in [-0.4, -0.2) is 17.4 Å². The fourth-order valence-electron chi connectivity index (χ4n) is 5.71. The Morgan fingerprint density at radius 2 is 1.48 bits per heavy atom. The van der Waals surface area contributed by atoms with Gasteiger partial charge in [0.2, 0.25) is 5.91 Å². The molecular weight excluding hydrogens is 358 g/mol. The van der Waals surface area contributed by atoms with Crippen LogP contribution in [0.2, 0.25) is 0 Å². The molecule has 1 aliphatic heterocycles. The zero-order chi connectivity index (χ0) is 19.9. The number of nitrogens with one attached hydrogen (secondary N) is 2. The lowest BCUT2D eigenvalue weighted by atomic mass is 9.81. The van der Waals surface area contributed by atoms with Crippen LogP contribution in [0, 0.1) is 5.92 Å². The highest BCUT2D eigenvalue weighted by molar-refractivity contribution is 5.93. The number of hydrogen-bond donors (Lipinski definition) is 2. The van der Waals surface area contributed by atoms with E-state index in [4.69, 9.17) is 4.98 Å². The van der Waals surface area contributed by atoms with Gasteiger partial charge in [0.1, 0.15) is 5.82 Å². The largest absolute Gasteiger partial charge is 0.370 e. The molecule has 4 heteroatoms. The van der Waals surface area contributed by atoms with Crippen LogP contribution < -0.4 is 10.6 Å². The maximum atomic E-state index is 13.2. The van der Waals surface area contributed by atoms with Crippen molar-refractivity contribution in [1.82, 2.24) is 4.98 Å². The predicted octanol–water partition coefficient (Wildman–Crippen LogP) is 6.57. The Morgan fingerprint density at radius 3 is 2.17 bits per heavy atom. The van der Waals surface area contributed by atoms with E-state index in [1.54, 1.807) is 0 Å². The first-order valence-electron chi connectivity index (χ1n) is 12.4. The normalized spacial score (nSPS) is 22.3. The van der Waals surface area contributed by atoms with Gasteiger partial charge in [-0.3, -0.25) is 4.79 Å². The number of aromatic nitrogens is 1. The van der Waals surface area contributed by atoms with Crippen LogP contribution in [0.25, 0.3) is 0 Å². The standard InChI is InChI=1S/C25H39N3O/c29-25(20-14-9-5-2-6-10-15-20)28-22-18-27-24-21(16-11-17-26-24)23(22)19-12-7-3-1-4-8-13-19/h18-20H,1-17H2,(H,26,27)(H,28,29). The Kier molecular flexibility index (Phi) is 7.45. The molecule has 2 saturated carbocycles. The van der Waals surface area contributed by atoms with E-state index in [1.165, 1.54) is 88.2 Å². The minimum atomic E-state index is 0.176. The zero-order valence-electron chi connectivity index (χ0n) is 18.1. The minimum absolute atomic E-state index is 0.176. The van der Waals surface area contributed by atoms with E-state index in [9.17, 15) is 4.79 Å². The van der Waals surface area contributed by atoms with Crippen molar-refractivity contribution in [2.24, 2.45) is 5.92 Å². The molecule has 0 atom stereocenters. The summed E-state index contributed by atoms with van der Waals surface area (Å²) in [4.78, 5) is 17.9. The number of carbonyl (C=O) groups is 1. The molecule has 160 valence electrons. The van der Waals surface area contributed by atoms with Gasteiger partial charge in [-0.05, 0) is 50.0 Å². The lowest BCUT2D eigenvalue weighted by Gasteiger charge is -2.29.